The third kappa shape index (κ3) is 2.92. The molecule has 20 heavy (non-hydrogen) atoms. The lowest BCUT2D eigenvalue weighted by atomic mass is 10.2. The Labute approximate surface area is 117 Å². The second-order valence-electron chi connectivity index (χ2n) is 4.95. The van der Waals surface area contributed by atoms with E-state index >= 15 is 0 Å². The number of aromatic nitrogens is 2. The van der Waals surface area contributed by atoms with Gasteiger partial charge in [0.05, 0.1) is 17.9 Å². The molecule has 7 nitrogen and oxygen atoms in total. The standard InChI is InChI=1S/C13H21N5O2/c1-3-15-9(19)7-18(4-2)13(20)12-10(14)11(16-17-12)8-5-6-8/h8H,3-7,14H2,1-2H3,(H,15,19)(H,16,17). The summed E-state index contributed by atoms with van der Waals surface area (Å²) in [5.41, 5.74) is 7.48. The van der Waals surface area contributed by atoms with E-state index < -0.39 is 0 Å². The molecule has 0 spiro atoms. The number of nitrogens with zero attached hydrogens (tertiary/aromatic N) is 2. The van der Waals surface area contributed by atoms with Crippen LogP contribution in [0.15, 0.2) is 0 Å². The maximum absolute atomic E-state index is 12.4. The van der Waals surface area contributed by atoms with Gasteiger partial charge in [-0.3, -0.25) is 14.7 Å². The molecular formula is C13H21N5O2. The number of carbonyl (C=O) groups is 2. The van der Waals surface area contributed by atoms with Crippen LogP contribution in [-0.2, 0) is 4.79 Å². The van der Waals surface area contributed by atoms with E-state index in [0.717, 1.165) is 18.5 Å². The van der Waals surface area contributed by atoms with Crippen LogP contribution in [0.25, 0.3) is 0 Å². The van der Waals surface area contributed by atoms with E-state index in [1.54, 1.807) is 0 Å². The molecule has 1 aliphatic rings. The average molecular weight is 279 g/mol. The van der Waals surface area contributed by atoms with Crippen LogP contribution in [0.3, 0.4) is 0 Å². The molecule has 0 saturated heterocycles. The fourth-order valence-electron chi connectivity index (χ4n) is 2.11. The summed E-state index contributed by atoms with van der Waals surface area (Å²) in [6.07, 6.45) is 2.16. The summed E-state index contributed by atoms with van der Waals surface area (Å²) in [5, 5.41) is 9.55. The van der Waals surface area contributed by atoms with Crippen LogP contribution in [0.5, 0.6) is 0 Å². The van der Waals surface area contributed by atoms with Crippen LogP contribution in [0.2, 0.25) is 0 Å². The van der Waals surface area contributed by atoms with Crippen LogP contribution in [0.4, 0.5) is 5.69 Å². The number of likely N-dealkylation sites (N-methyl/N-ethyl adjacent to an activating group) is 2. The van der Waals surface area contributed by atoms with Crippen molar-refractivity contribution in [2.24, 2.45) is 0 Å². The molecule has 1 aromatic heterocycles. The van der Waals surface area contributed by atoms with E-state index in [-0.39, 0.29) is 24.1 Å². The molecule has 1 fully saturated rings. The highest BCUT2D eigenvalue weighted by molar-refractivity contribution is 5.99. The highest BCUT2D eigenvalue weighted by atomic mass is 16.2. The van der Waals surface area contributed by atoms with Gasteiger partial charge in [-0.05, 0) is 26.7 Å². The molecule has 1 aliphatic carbocycles. The van der Waals surface area contributed by atoms with E-state index in [4.69, 9.17) is 5.73 Å². The minimum absolute atomic E-state index is 0.0221. The predicted molar refractivity (Wildman–Crippen MR) is 75.2 cm³/mol. The Morgan fingerprint density at radius 1 is 1.45 bits per heavy atom. The van der Waals surface area contributed by atoms with Crippen molar-refractivity contribution in [1.29, 1.82) is 0 Å². The Kier molecular flexibility index (Phi) is 4.26. The fraction of sp³-hybridized carbons (Fsp3) is 0.615. The number of H-pyrrole nitrogens is 1. The molecule has 0 unspecified atom stereocenters. The van der Waals surface area contributed by atoms with Gasteiger partial charge in [-0.2, -0.15) is 5.10 Å². The maximum Gasteiger partial charge on any atom is 0.276 e. The van der Waals surface area contributed by atoms with Gasteiger partial charge in [0, 0.05) is 19.0 Å². The monoisotopic (exact) mass is 279 g/mol. The van der Waals surface area contributed by atoms with Gasteiger partial charge in [0.25, 0.3) is 5.91 Å². The van der Waals surface area contributed by atoms with Gasteiger partial charge in [0.2, 0.25) is 5.91 Å². The van der Waals surface area contributed by atoms with Crippen molar-refractivity contribution < 1.29 is 9.59 Å². The van der Waals surface area contributed by atoms with Crippen LogP contribution < -0.4 is 11.1 Å². The highest BCUT2D eigenvalue weighted by Gasteiger charge is 2.31. The Morgan fingerprint density at radius 2 is 2.15 bits per heavy atom. The molecule has 1 saturated carbocycles. The van der Waals surface area contributed by atoms with Gasteiger partial charge in [-0.25, -0.2) is 0 Å². The molecule has 0 radical (unpaired) electrons. The van der Waals surface area contributed by atoms with E-state index in [2.05, 4.69) is 15.5 Å². The molecule has 0 bridgehead atoms. The van der Waals surface area contributed by atoms with E-state index in [9.17, 15) is 9.59 Å². The molecule has 1 heterocycles. The van der Waals surface area contributed by atoms with Gasteiger partial charge in [0.15, 0.2) is 5.69 Å². The number of anilines is 1. The summed E-state index contributed by atoms with van der Waals surface area (Å²) in [7, 11) is 0. The Morgan fingerprint density at radius 3 is 2.70 bits per heavy atom. The summed E-state index contributed by atoms with van der Waals surface area (Å²) < 4.78 is 0. The van der Waals surface area contributed by atoms with Crippen molar-refractivity contribution in [2.45, 2.75) is 32.6 Å². The minimum atomic E-state index is -0.306. The topological polar surface area (TPSA) is 104 Å². The minimum Gasteiger partial charge on any atom is -0.395 e. The lowest BCUT2D eigenvalue weighted by Crippen LogP contribution is -2.40. The summed E-state index contributed by atoms with van der Waals surface area (Å²) in [6.45, 7) is 4.65. The molecule has 1 aromatic rings. The number of hydrogen-bond acceptors (Lipinski definition) is 4. The summed E-state index contributed by atoms with van der Waals surface area (Å²) in [6, 6.07) is 0. The van der Waals surface area contributed by atoms with Crippen molar-refractivity contribution in [2.75, 3.05) is 25.4 Å². The fourth-order valence-corrected chi connectivity index (χ4v) is 2.11. The SMILES string of the molecule is CCNC(=O)CN(CC)C(=O)c1n[nH]c(C2CC2)c1N. The van der Waals surface area contributed by atoms with Crippen molar-refractivity contribution in [3.05, 3.63) is 11.4 Å². The van der Waals surface area contributed by atoms with Crippen LogP contribution in [0.1, 0.15) is 48.8 Å². The van der Waals surface area contributed by atoms with Crippen molar-refractivity contribution in [3.8, 4) is 0 Å². The number of amides is 2. The van der Waals surface area contributed by atoms with Gasteiger partial charge in [-0.1, -0.05) is 0 Å². The van der Waals surface area contributed by atoms with Crippen molar-refractivity contribution in [3.63, 3.8) is 0 Å². The lowest BCUT2D eigenvalue weighted by molar-refractivity contribution is -0.121. The number of nitrogens with two attached hydrogens (primary N) is 1. The normalized spacial score (nSPS) is 14.1. The largest absolute Gasteiger partial charge is 0.395 e. The summed E-state index contributed by atoms with van der Waals surface area (Å²) in [4.78, 5) is 25.4. The molecule has 0 aliphatic heterocycles. The van der Waals surface area contributed by atoms with E-state index in [1.165, 1.54) is 4.90 Å². The smallest absolute Gasteiger partial charge is 0.276 e. The number of rotatable bonds is 6. The third-order valence-corrected chi connectivity index (χ3v) is 3.40. The molecule has 7 heteroatoms. The Hall–Kier alpha value is -2.05. The van der Waals surface area contributed by atoms with Gasteiger partial charge < -0.3 is 16.0 Å². The quantitative estimate of drug-likeness (QED) is 0.704. The predicted octanol–water partition coefficient (Wildman–Crippen LogP) is 0.467. The van der Waals surface area contributed by atoms with Gasteiger partial charge >= 0.3 is 0 Å². The van der Waals surface area contributed by atoms with E-state index in [0.29, 0.717) is 24.7 Å². The van der Waals surface area contributed by atoms with Crippen molar-refractivity contribution in [1.82, 2.24) is 20.4 Å². The maximum atomic E-state index is 12.4. The van der Waals surface area contributed by atoms with E-state index in [1.807, 2.05) is 13.8 Å². The second-order valence-corrected chi connectivity index (χ2v) is 4.95. The zero-order chi connectivity index (χ0) is 14.7. The highest BCUT2D eigenvalue weighted by Crippen LogP contribution is 2.42. The van der Waals surface area contributed by atoms with Crippen LogP contribution >= 0.6 is 0 Å². The first kappa shape index (κ1) is 14.4. The second kappa shape index (κ2) is 5.94. The lowest BCUT2D eigenvalue weighted by Gasteiger charge is -2.19. The summed E-state index contributed by atoms with van der Waals surface area (Å²) in [5.74, 6) is -0.0823. The Balaban J connectivity index is 2.09. The first-order valence-corrected chi connectivity index (χ1v) is 6.98. The number of carbonyl (C=O) groups excluding carboxylic acids is 2. The zero-order valence-electron chi connectivity index (χ0n) is 11.9. The number of nitrogen functional groups attached to an aromatic ring is 1. The van der Waals surface area contributed by atoms with Crippen molar-refractivity contribution >= 4 is 17.5 Å². The molecule has 0 aromatic carbocycles. The Bertz CT molecular complexity index is 507. The third-order valence-electron chi connectivity index (χ3n) is 3.40. The van der Waals surface area contributed by atoms with Crippen LogP contribution in [0, 0.1) is 0 Å². The molecule has 110 valence electrons. The first-order valence-electron chi connectivity index (χ1n) is 6.98. The summed E-state index contributed by atoms with van der Waals surface area (Å²) >= 11 is 0. The average Bonchev–Trinajstić information content (AvgIpc) is 3.19. The van der Waals surface area contributed by atoms with Gasteiger partial charge in [-0.15, -0.1) is 0 Å². The molecule has 2 amide bonds. The molecule has 4 N–H and O–H groups in total. The number of hydrogen-bond donors (Lipinski definition) is 3. The van der Waals surface area contributed by atoms with Gasteiger partial charge in [0.1, 0.15) is 0 Å². The first-order chi connectivity index (χ1) is 9.58. The molecular weight excluding hydrogens is 258 g/mol. The number of nitrogens with one attached hydrogen (secondary N) is 2. The zero-order valence-corrected chi connectivity index (χ0v) is 11.9. The molecule has 2 rings (SSSR count). The number of aromatic amines is 1. The van der Waals surface area contributed by atoms with Crippen LogP contribution in [-0.4, -0.2) is 46.5 Å². The molecule has 0 atom stereocenters.